The number of nitrogens with two attached hydrogens (primary N) is 1. The highest BCUT2D eigenvalue weighted by atomic mass is 15.1. The number of fused-ring (bicyclic) bond motifs is 1. The van der Waals surface area contributed by atoms with Crippen molar-refractivity contribution in [1.82, 2.24) is 9.97 Å². The molecule has 1 aliphatic carbocycles. The highest BCUT2D eigenvalue weighted by Gasteiger charge is 2.28. The van der Waals surface area contributed by atoms with Gasteiger partial charge in [0.15, 0.2) is 0 Å². The molecule has 1 atom stereocenters. The van der Waals surface area contributed by atoms with Gasteiger partial charge in [-0.2, -0.15) is 4.98 Å². The van der Waals surface area contributed by atoms with E-state index in [-0.39, 0.29) is 0 Å². The van der Waals surface area contributed by atoms with Crippen molar-refractivity contribution in [2.75, 3.05) is 17.6 Å². The van der Waals surface area contributed by atoms with Crippen LogP contribution in [0.15, 0.2) is 43.0 Å². The Balaban J connectivity index is 1.93. The molecule has 0 radical (unpaired) electrons. The van der Waals surface area contributed by atoms with E-state index in [0.29, 0.717) is 11.9 Å². The van der Waals surface area contributed by atoms with E-state index in [1.807, 2.05) is 12.1 Å². The first kappa shape index (κ1) is 13.6. The molecule has 4 heteroatoms. The van der Waals surface area contributed by atoms with Crippen LogP contribution >= 0.6 is 0 Å². The summed E-state index contributed by atoms with van der Waals surface area (Å²) in [6, 6.07) is 10.5. The number of aromatic nitrogens is 2. The van der Waals surface area contributed by atoms with Crippen molar-refractivity contribution in [2.24, 2.45) is 0 Å². The van der Waals surface area contributed by atoms with E-state index in [1.54, 1.807) is 0 Å². The Kier molecular flexibility index (Phi) is 3.86. The average molecular weight is 280 g/mol. The molecule has 2 aromatic rings. The lowest BCUT2D eigenvalue weighted by Crippen LogP contribution is -2.10. The summed E-state index contributed by atoms with van der Waals surface area (Å²) >= 11 is 0. The molecule has 108 valence electrons. The zero-order chi connectivity index (χ0) is 14.7. The molecule has 0 saturated heterocycles. The van der Waals surface area contributed by atoms with Crippen molar-refractivity contribution in [2.45, 2.75) is 25.2 Å². The number of anilines is 2. The molecule has 0 spiro atoms. The van der Waals surface area contributed by atoms with Gasteiger partial charge in [-0.1, -0.05) is 36.4 Å². The van der Waals surface area contributed by atoms with E-state index in [0.717, 1.165) is 37.3 Å². The molecule has 21 heavy (non-hydrogen) atoms. The van der Waals surface area contributed by atoms with Crippen LogP contribution in [-0.4, -0.2) is 16.5 Å². The second-order valence-corrected chi connectivity index (χ2v) is 5.30. The molecule has 0 fully saturated rings. The maximum Gasteiger partial charge on any atom is 0.222 e. The van der Waals surface area contributed by atoms with Gasteiger partial charge >= 0.3 is 0 Å². The minimum absolute atomic E-state index is 0.325. The van der Waals surface area contributed by atoms with Crippen LogP contribution in [0, 0.1) is 0 Å². The quantitative estimate of drug-likeness (QED) is 0.652. The molecule has 0 bridgehead atoms. The Bertz CT molecular complexity index is 637. The highest BCUT2D eigenvalue weighted by Crippen LogP contribution is 2.39. The Morgan fingerprint density at radius 1 is 1.29 bits per heavy atom. The Labute approximate surface area is 125 Å². The molecule has 3 rings (SSSR count). The second kappa shape index (κ2) is 5.95. The summed E-state index contributed by atoms with van der Waals surface area (Å²) in [6.45, 7) is 4.56. The number of nitrogens with one attached hydrogen (secondary N) is 1. The van der Waals surface area contributed by atoms with Gasteiger partial charge in [-0.05, 0) is 24.8 Å². The number of benzene rings is 1. The number of nitrogen functional groups attached to an aromatic ring is 1. The summed E-state index contributed by atoms with van der Waals surface area (Å²) < 4.78 is 0. The lowest BCUT2D eigenvalue weighted by Gasteiger charge is -2.13. The van der Waals surface area contributed by atoms with Gasteiger partial charge in [-0.15, -0.1) is 6.58 Å². The van der Waals surface area contributed by atoms with Gasteiger partial charge in [-0.3, -0.25) is 0 Å². The van der Waals surface area contributed by atoms with Crippen molar-refractivity contribution < 1.29 is 0 Å². The summed E-state index contributed by atoms with van der Waals surface area (Å²) in [6.07, 6.45) is 4.85. The third kappa shape index (κ3) is 2.75. The van der Waals surface area contributed by atoms with Gasteiger partial charge in [0.25, 0.3) is 0 Å². The molecule has 1 aliphatic rings. The van der Waals surface area contributed by atoms with Crippen LogP contribution in [0.1, 0.15) is 35.6 Å². The summed E-state index contributed by atoms with van der Waals surface area (Å²) in [4.78, 5) is 8.87. The van der Waals surface area contributed by atoms with Gasteiger partial charge in [0.1, 0.15) is 5.82 Å². The van der Waals surface area contributed by atoms with Crippen LogP contribution in [-0.2, 0) is 6.42 Å². The predicted molar refractivity (Wildman–Crippen MR) is 86.4 cm³/mol. The van der Waals surface area contributed by atoms with Gasteiger partial charge in [0.05, 0.1) is 5.69 Å². The van der Waals surface area contributed by atoms with E-state index in [2.05, 4.69) is 46.1 Å². The molecule has 0 aliphatic heterocycles. The Hall–Kier alpha value is -2.36. The average Bonchev–Trinajstić information content (AvgIpc) is 2.92. The molecule has 1 aromatic carbocycles. The number of hydrogen-bond acceptors (Lipinski definition) is 4. The van der Waals surface area contributed by atoms with Crippen molar-refractivity contribution >= 4 is 11.8 Å². The van der Waals surface area contributed by atoms with Gasteiger partial charge in [-0.25, -0.2) is 4.98 Å². The molecule has 1 heterocycles. The van der Waals surface area contributed by atoms with E-state index in [9.17, 15) is 0 Å². The van der Waals surface area contributed by atoms with Crippen molar-refractivity contribution in [1.29, 1.82) is 0 Å². The molecule has 3 N–H and O–H groups in total. The van der Waals surface area contributed by atoms with Crippen LogP contribution < -0.4 is 11.1 Å². The molecule has 4 nitrogen and oxygen atoms in total. The van der Waals surface area contributed by atoms with E-state index < -0.39 is 0 Å². The molecule has 1 unspecified atom stereocenters. The second-order valence-electron chi connectivity index (χ2n) is 5.30. The lowest BCUT2D eigenvalue weighted by molar-refractivity contribution is 0.772. The van der Waals surface area contributed by atoms with E-state index in [4.69, 9.17) is 5.73 Å². The van der Waals surface area contributed by atoms with Gasteiger partial charge in [0.2, 0.25) is 5.95 Å². The third-order valence-corrected chi connectivity index (χ3v) is 3.91. The van der Waals surface area contributed by atoms with Crippen molar-refractivity contribution in [3.63, 3.8) is 0 Å². The standard InChI is InChI=1S/C17H20N4/c1-2-3-11-19-16-14-10-9-13(12-7-5-4-6-8-12)15(14)20-17(18)21-16/h2,4-8,13H,1,3,9-11H2,(H3,18,19,20,21). The van der Waals surface area contributed by atoms with Crippen LogP contribution in [0.3, 0.4) is 0 Å². The van der Waals surface area contributed by atoms with Crippen molar-refractivity contribution in [3.05, 3.63) is 59.8 Å². The highest BCUT2D eigenvalue weighted by molar-refractivity contribution is 5.54. The molecular weight excluding hydrogens is 260 g/mol. The fourth-order valence-corrected chi connectivity index (χ4v) is 2.93. The summed E-state index contributed by atoms with van der Waals surface area (Å²) in [5.74, 6) is 1.56. The zero-order valence-electron chi connectivity index (χ0n) is 12.0. The minimum Gasteiger partial charge on any atom is -0.369 e. The zero-order valence-corrected chi connectivity index (χ0v) is 12.0. The molecule has 0 saturated carbocycles. The van der Waals surface area contributed by atoms with E-state index in [1.165, 1.54) is 11.1 Å². The van der Waals surface area contributed by atoms with Crippen LogP contribution in [0.4, 0.5) is 11.8 Å². The largest absolute Gasteiger partial charge is 0.369 e. The Morgan fingerprint density at radius 3 is 2.86 bits per heavy atom. The van der Waals surface area contributed by atoms with E-state index >= 15 is 0 Å². The molecule has 0 amide bonds. The van der Waals surface area contributed by atoms with Gasteiger partial charge in [0, 0.05) is 18.0 Å². The monoisotopic (exact) mass is 280 g/mol. The normalized spacial score (nSPS) is 16.5. The first-order valence-electron chi connectivity index (χ1n) is 7.35. The SMILES string of the molecule is C=CCCNc1nc(N)nc2c1CCC2c1ccccc1. The summed E-state index contributed by atoms with van der Waals surface area (Å²) in [5, 5.41) is 3.36. The summed E-state index contributed by atoms with van der Waals surface area (Å²) in [5.41, 5.74) is 9.48. The fraction of sp³-hybridized carbons (Fsp3) is 0.294. The minimum atomic E-state index is 0.325. The van der Waals surface area contributed by atoms with Crippen LogP contribution in [0.25, 0.3) is 0 Å². The number of nitrogens with zero attached hydrogens (tertiary/aromatic N) is 2. The maximum atomic E-state index is 5.89. The van der Waals surface area contributed by atoms with Gasteiger partial charge < -0.3 is 11.1 Å². The molecule has 1 aromatic heterocycles. The third-order valence-electron chi connectivity index (χ3n) is 3.91. The first-order valence-corrected chi connectivity index (χ1v) is 7.35. The molecular formula is C17H20N4. The Morgan fingerprint density at radius 2 is 2.10 bits per heavy atom. The first-order chi connectivity index (χ1) is 10.3. The number of rotatable bonds is 5. The summed E-state index contributed by atoms with van der Waals surface area (Å²) in [7, 11) is 0. The predicted octanol–water partition coefficient (Wildman–Crippen LogP) is 3.12. The van der Waals surface area contributed by atoms with Crippen molar-refractivity contribution in [3.8, 4) is 0 Å². The number of hydrogen-bond donors (Lipinski definition) is 2. The fourth-order valence-electron chi connectivity index (χ4n) is 2.93. The topological polar surface area (TPSA) is 63.8 Å². The smallest absolute Gasteiger partial charge is 0.222 e. The lowest BCUT2D eigenvalue weighted by atomic mass is 9.97. The maximum absolute atomic E-state index is 5.89. The van der Waals surface area contributed by atoms with Crippen LogP contribution in [0.5, 0.6) is 0 Å². The van der Waals surface area contributed by atoms with Crippen LogP contribution in [0.2, 0.25) is 0 Å².